The zero-order chi connectivity index (χ0) is 15.6. The van der Waals surface area contributed by atoms with Crippen molar-refractivity contribution in [3.8, 4) is 0 Å². The van der Waals surface area contributed by atoms with E-state index >= 15 is 0 Å². The molecule has 1 fully saturated rings. The van der Waals surface area contributed by atoms with Crippen LogP contribution in [-0.4, -0.2) is 37.1 Å². The molecule has 1 N–H and O–H groups in total. The van der Waals surface area contributed by atoms with Gasteiger partial charge in [0.05, 0.1) is 9.82 Å². The monoisotopic (exact) mass is 330 g/mol. The van der Waals surface area contributed by atoms with Gasteiger partial charge in [0, 0.05) is 23.6 Å². The largest absolute Gasteiger partial charge is 0.377 e. The van der Waals surface area contributed by atoms with E-state index in [9.17, 15) is 18.5 Å². The molecule has 0 amide bonds. The number of nitro groups is 1. The molecule has 0 saturated heterocycles. The summed E-state index contributed by atoms with van der Waals surface area (Å²) >= 11 is 1.81. The summed E-state index contributed by atoms with van der Waals surface area (Å²) in [5.41, 5.74) is 0.199. The van der Waals surface area contributed by atoms with E-state index in [4.69, 9.17) is 0 Å². The van der Waals surface area contributed by atoms with Crippen molar-refractivity contribution >= 4 is 33.0 Å². The molecule has 6 nitrogen and oxygen atoms in total. The topological polar surface area (TPSA) is 89.3 Å². The molecule has 2 unspecified atom stereocenters. The van der Waals surface area contributed by atoms with E-state index in [1.54, 1.807) is 0 Å². The van der Waals surface area contributed by atoms with Crippen molar-refractivity contribution in [2.24, 2.45) is 0 Å². The minimum atomic E-state index is -3.45. The van der Waals surface area contributed by atoms with E-state index in [2.05, 4.69) is 11.6 Å². The highest BCUT2D eigenvalue weighted by Crippen LogP contribution is 2.33. The third-order valence-electron chi connectivity index (χ3n) is 3.67. The minimum Gasteiger partial charge on any atom is -0.377 e. The summed E-state index contributed by atoms with van der Waals surface area (Å²) in [6, 6.07) is 4.22. The number of nitro benzene ring substituents is 1. The van der Waals surface area contributed by atoms with Crippen LogP contribution in [0.4, 0.5) is 11.4 Å². The lowest BCUT2D eigenvalue weighted by Crippen LogP contribution is -2.17. The van der Waals surface area contributed by atoms with Gasteiger partial charge in [0.2, 0.25) is 0 Å². The lowest BCUT2D eigenvalue weighted by molar-refractivity contribution is -0.384. The predicted molar refractivity (Wildman–Crippen MR) is 84.8 cm³/mol. The lowest BCUT2D eigenvalue weighted by atomic mass is 10.2. The van der Waals surface area contributed by atoms with Crippen LogP contribution < -0.4 is 5.32 Å². The molecule has 1 aliphatic rings. The van der Waals surface area contributed by atoms with E-state index < -0.39 is 14.8 Å². The maximum absolute atomic E-state index is 11.5. The summed E-state index contributed by atoms with van der Waals surface area (Å²) in [6.45, 7) is 0. The van der Waals surface area contributed by atoms with Crippen LogP contribution in [0.15, 0.2) is 23.1 Å². The van der Waals surface area contributed by atoms with Crippen LogP contribution in [0.1, 0.15) is 19.3 Å². The average molecular weight is 330 g/mol. The summed E-state index contributed by atoms with van der Waals surface area (Å²) < 4.78 is 23.0. The standard InChI is InChI=1S/C13H18N2O4S2/c1-20-10-4-3-9(7-10)14-12-6-5-11(21(2,18)19)8-13(12)15(16)17/h5-6,8-10,14H,3-4,7H2,1-2H3. The molecule has 0 aromatic heterocycles. The fraction of sp³-hybridized carbons (Fsp3) is 0.538. The van der Waals surface area contributed by atoms with Gasteiger partial charge in [0.15, 0.2) is 9.84 Å². The molecule has 0 radical (unpaired) electrons. The fourth-order valence-electron chi connectivity index (χ4n) is 2.52. The fourth-order valence-corrected chi connectivity index (χ4v) is 3.96. The molecule has 1 aromatic carbocycles. The van der Waals surface area contributed by atoms with Crippen molar-refractivity contribution in [3.05, 3.63) is 28.3 Å². The molecule has 1 aliphatic carbocycles. The Hall–Kier alpha value is -1.28. The molecular formula is C13H18N2O4S2. The first-order valence-electron chi connectivity index (χ1n) is 6.59. The molecule has 1 aromatic rings. The van der Waals surface area contributed by atoms with Crippen LogP contribution in [0.2, 0.25) is 0 Å². The second kappa shape index (κ2) is 6.23. The van der Waals surface area contributed by atoms with Crippen LogP contribution in [-0.2, 0) is 9.84 Å². The van der Waals surface area contributed by atoms with E-state index in [-0.39, 0.29) is 16.6 Å². The first kappa shape index (κ1) is 16.1. The third kappa shape index (κ3) is 3.88. The zero-order valence-corrected chi connectivity index (χ0v) is 13.5. The highest BCUT2D eigenvalue weighted by molar-refractivity contribution is 7.99. The Morgan fingerprint density at radius 1 is 1.38 bits per heavy atom. The maximum Gasteiger partial charge on any atom is 0.293 e. The smallest absolute Gasteiger partial charge is 0.293 e. The van der Waals surface area contributed by atoms with Crippen LogP contribution in [0.3, 0.4) is 0 Å². The van der Waals surface area contributed by atoms with Gasteiger partial charge >= 0.3 is 0 Å². The summed E-state index contributed by atoms with van der Waals surface area (Å²) in [5, 5.41) is 14.9. The lowest BCUT2D eigenvalue weighted by Gasteiger charge is -2.14. The van der Waals surface area contributed by atoms with Crippen LogP contribution in [0.5, 0.6) is 0 Å². The highest BCUT2D eigenvalue weighted by Gasteiger charge is 2.26. The molecule has 0 heterocycles. The normalized spacial score (nSPS) is 22.2. The number of nitrogens with zero attached hydrogens (tertiary/aromatic N) is 1. The zero-order valence-electron chi connectivity index (χ0n) is 11.9. The molecule has 116 valence electrons. The Kier molecular flexibility index (Phi) is 4.77. The maximum atomic E-state index is 11.5. The predicted octanol–water partition coefficient (Wildman–Crippen LogP) is 2.69. The molecule has 2 atom stereocenters. The molecule has 0 aliphatic heterocycles. The number of sulfone groups is 1. The number of hydrogen-bond donors (Lipinski definition) is 1. The van der Waals surface area contributed by atoms with Gasteiger partial charge in [-0.3, -0.25) is 10.1 Å². The number of hydrogen-bond acceptors (Lipinski definition) is 6. The van der Waals surface area contributed by atoms with Crippen LogP contribution >= 0.6 is 11.8 Å². The summed E-state index contributed by atoms with van der Waals surface area (Å²) in [6.07, 6.45) is 6.13. The Labute approximate surface area is 128 Å². The number of anilines is 1. The van der Waals surface area contributed by atoms with Gasteiger partial charge in [-0.1, -0.05) is 0 Å². The van der Waals surface area contributed by atoms with Gasteiger partial charge in [-0.25, -0.2) is 8.42 Å². The third-order valence-corrected chi connectivity index (χ3v) is 5.88. The summed E-state index contributed by atoms with van der Waals surface area (Å²) in [4.78, 5) is 10.6. The molecule has 21 heavy (non-hydrogen) atoms. The number of rotatable bonds is 5. The summed E-state index contributed by atoms with van der Waals surface area (Å²) in [5.74, 6) is 0. The molecular weight excluding hydrogens is 312 g/mol. The minimum absolute atomic E-state index is 0.0341. The molecule has 2 rings (SSSR count). The van der Waals surface area contributed by atoms with Gasteiger partial charge in [0.1, 0.15) is 5.69 Å². The second-order valence-corrected chi connectivity index (χ2v) is 8.37. The van der Waals surface area contributed by atoms with Crippen LogP contribution in [0, 0.1) is 10.1 Å². The van der Waals surface area contributed by atoms with Crippen molar-refractivity contribution in [1.82, 2.24) is 0 Å². The van der Waals surface area contributed by atoms with Crippen molar-refractivity contribution < 1.29 is 13.3 Å². The van der Waals surface area contributed by atoms with E-state index in [1.165, 1.54) is 12.1 Å². The van der Waals surface area contributed by atoms with E-state index in [1.807, 2.05) is 11.8 Å². The van der Waals surface area contributed by atoms with Gasteiger partial charge in [-0.05, 0) is 37.7 Å². The molecule has 8 heteroatoms. The Morgan fingerprint density at radius 3 is 2.62 bits per heavy atom. The highest BCUT2D eigenvalue weighted by atomic mass is 32.2. The first-order chi connectivity index (χ1) is 9.81. The number of nitrogens with one attached hydrogen (secondary N) is 1. The van der Waals surface area contributed by atoms with Crippen molar-refractivity contribution in [1.29, 1.82) is 0 Å². The second-order valence-electron chi connectivity index (χ2n) is 5.22. The van der Waals surface area contributed by atoms with Crippen molar-refractivity contribution in [3.63, 3.8) is 0 Å². The quantitative estimate of drug-likeness (QED) is 0.659. The Balaban J connectivity index is 2.25. The molecule has 0 bridgehead atoms. The average Bonchev–Trinajstić information content (AvgIpc) is 2.85. The SMILES string of the molecule is CSC1CCC(Nc2ccc(S(C)(=O)=O)cc2[N+](=O)[O-])C1. The van der Waals surface area contributed by atoms with Gasteiger partial charge in [-0.15, -0.1) is 0 Å². The van der Waals surface area contributed by atoms with Crippen molar-refractivity contribution in [2.45, 2.75) is 35.4 Å². The molecule has 0 spiro atoms. The van der Waals surface area contributed by atoms with E-state index in [0.717, 1.165) is 31.6 Å². The van der Waals surface area contributed by atoms with Gasteiger partial charge in [-0.2, -0.15) is 11.8 Å². The van der Waals surface area contributed by atoms with Gasteiger partial charge in [0.25, 0.3) is 5.69 Å². The number of thioether (sulfide) groups is 1. The Morgan fingerprint density at radius 2 is 2.10 bits per heavy atom. The Bertz CT molecular complexity index is 646. The van der Waals surface area contributed by atoms with E-state index in [0.29, 0.717) is 10.9 Å². The molecule has 1 saturated carbocycles. The van der Waals surface area contributed by atoms with Crippen LogP contribution in [0.25, 0.3) is 0 Å². The number of benzene rings is 1. The van der Waals surface area contributed by atoms with Crippen molar-refractivity contribution in [2.75, 3.05) is 17.8 Å². The summed E-state index contributed by atoms with van der Waals surface area (Å²) in [7, 11) is -3.45. The first-order valence-corrected chi connectivity index (χ1v) is 9.77. The van der Waals surface area contributed by atoms with Gasteiger partial charge < -0.3 is 5.32 Å².